The zero-order valence-corrected chi connectivity index (χ0v) is 8.96. The predicted molar refractivity (Wildman–Crippen MR) is 55.5 cm³/mol. The van der Waals surface area contributed by atoms with Crippen LogP contribution in [0, 0.1) is 5.82 Å². The lowest BCUT2D eigenvalue weighted by Crippen LogP contribution is -2.29. The summed E-state index contributed by atoms with van der Waals surface area (Å²) in [4.78, 5) is 12.9. The Morgan fingerprint density at radius 1 is 1.60 bits per heavy atom. The minimum atomic E-state index is -0.625. The van der Waals surface area contributed by atoms with Crippen molar-refractivity contribution in [3.63, 3.8) is 0 Å². The molecule has 0 spiro atoms. The summed E-state index contributed by atoms with van der Waals surface area (Å²) >= 11 is 5.49. The van der Waals surface area contributed by atoms with Gasteiger partial charge in [0.25, 0.3) is 5.91 Å². The summed E-state index contributed by atoms with van der Waals surface area (Å²) in [6.45, 7) is 0.0847. The summed E-state index contributed by atoms with van der Waals surface area (Å²) in [6.07, 6.45) is 0. The van der Waals surface area contributed by atoms with Gasteiger partial charge in [0.1, 0.15) is 5.82 Å². The number of carbonyl (C=O) groups is 1. The van der Waals surface area contributed by atoms with Crippen LogP contribution in [0.5, 0.6) is 0 Å². The van der Waals surface area contributed by atoms with E-state index in [9.17, 15) is 9.18 Å². The molecule has 1 aromatic rings. The van der Waals surface area contributed by atoms with Crippen molar-refractivity contribution in [2.75, 3.05) is 20.2 Å². The van der Waals surface area contributed by atoms with Crippen molar-refractivity contribution in [1.82, 2.24) is 4.90 Å². The molecule has 15 heavy (non-hydrogen) atoms. The van der Waals surface area contributed by atoms with Crippen molar-refractivity contribution in [2.45, 2.75) is 0 Å². The van der Waals surface area contributed by atoms with E-state index in [1.807, 2.05) is 0 Å². The molecule has 0 aliphatic carbocycles. The second kappa shape index (κ2) is 5.09. The predicted octanol–water partition coefficient (Wildman–Crippen LogP) is 1.54. The zero-order valence-electron chi connectivity index (χ0n) is 8.20. The molecule has 0 aliphatic rings. The van der Waals surface area contributed by atoms with E-state index in [1.54, 1.807) is 0 Å². The van der Waals surface area contributed by atoms with Gasteiger partial charge in [-0.05, 0) is 18.2 Å². The van der Waals surface area contributed by atoms with Gasteiger partial charge in [-0.2, -0.15) is 0 Å². The number of aliphatic hydroxyl groups is 1. The third kappa shape index (κ3) is 2.91. The van der Waals surface area contributed by atoms with Gasteiger partial charge in [-0.3, -0.25) is 4.79 Å². The third-order valence-electron chi connectivity index (χ3n) is 1.95. The monoisotopic (exact) mass is 231 g/mol. The maximum Gasteiger partial charge on any atom is 0.253 e. The average Bonchev–Trinajstić information content (AvgIpc) is 2.21. The van der Waals surface area contributed by atoms with E-state index in [2.05, 4.69) is 0 Å². The van der Waals surface area contributed by atoms with Crippen LogP contribution in [-0.2, 0) is 0 Å². The normalized spacial score (nSPS) is 10.1. The second-order valence-electron chi connectivity index (χ2n) is 3.08. The lowest BCUT2D eigenvalue weighted by molar-refractivity contribution is 0.0766. The number of hydrogen-bond acceptors (Lipinski definition) is 2. The first-order chi connectivity index (χ1) is 7.06. The fraction of sp³-hybridized carbons (Fsp3) is 0.300. The Hall–Kier alpha value is -1.13. The van der Waals surface area contributed by atoms with Gasteiger partial charge in [-0.1, -0.05) is 11.6 Å². The van der Waals surface area contributed by atoms with Gasteiger partial charge in [-0.15, -0.1) is 0 Å². The molecule has 0 bridgehead atoms. The molecule has 1 aromatic carbocycles. The first kappa shape index (κ1) is 11.9. The number of halogens is 2. The summed E-state index contributed by atoms with van der Waals surface area (Å²) in [5, 5.41) is 8.62. The summed E-state index contributed by atoms with van der Waals surface area (Å²) < 4.78 is 13.0. The molecule has 0 atom stereocenters. The highest BCUT2D eigenvalue weighted by Gasteiger charge is 2.12. The summed E-state index contributed by atoms with van der Waals surface area (Å²) in [5.41, 5.74) is 0.216. The van der Waals surface area contributed by atoms with Gasteiger partial charge in [-0.25, -0.2) is 4.39 Å². The zero-order chi connectivity index (χ0) is 11.4. The van der Waals surface area contributed by atoms with Crippen molar-refractivity contribution in [3.8, 4) is 0 Å². The number of hydrogen-bond donors (Lipinski definition) is 1. The Kier molecular flexibility index (Phi) is 4.05. The lowest BCUT2D eigenvalue weighted by atomic mass is 10.2. The molecule has 0 radical (unpaired) electrons. The van der Waals surface area contributed by atoms with E-state index in [1.165, 1.54) is 24.1 Å². The Morgan fingerprint density at radius 2 is 2.27 bits per heavy atom. The highest BCUT2D eigenvalue weighted by molar-refractivity contribution is 6.30. The molecule has 1 N–H and O–H groups in total. The molecule has 0 fully saturated rings. The van der Waals surface area contributed by atoms with Crippen molar-refractivity contribution >= 4 is 17.5 Å². The topological polar surface area (TPSA) is 40.5 Å². The first-order valence-electron chi connectivity index (χ1n) is 4.37. The lowest BCUT2D eigenvalue weighted by Gasteiger charge is -2.15. The van der Waals surface area contributed by atoms with Crippen LogP contribution in [-0.4, -0.2) is 36.1 Å². The van der Waals surface area contributed by atoms with Crippen LogP contribution in [0.3, 0.4) is 0 Å². The van der Waals surface area contributed by atoms with Crippen LogP contribution in [0.4, 0.5) is 4.39 Å². The number of amides is 1. The molecule has 0 aromatic heterocycles. The largest absolute Gasteiger partial charge is 0.395 e. The molecule has 82 valence electrons. The molecule has 1 rings (SSSR count). The second-order valence-corrected chi connectivity index (χ2v) is 3.49. The average molecular weight is 232 g/mol. The minimum Gasteiger partial charge on any atom is -0.395 e. The maximum absolute atomic E-state index is 13.0. The Balaban J connectivity index is 2.87. The summed E-state index contributed by atoms with van der Waals surface area (Å²) in [7, 11) is 1.53. The molecule has 0 heterocycles. The van der Waals surface area contributed by atoms with Gasteiger partial charge >= 0.3 is 0 Å². The van der Waals surface area contributed by atoms with Crippen LogP contribution in [0.1, 0.15) is 10.4 Å². The van der Waals surface area contributed by atoms with Gasteiger partial charge in [0.15, 0.2) is 0 Å². The number of rotatable bonds is 3. The van der Waals surface area contributed by atoms with Gasteiger partial charge < -0.3 is 10.0 Å². The molecular formula is C10H11ClFNO2. The number of benzene rings is 1. The summed E-state index contributed by atoms with van der Waals surface area (Å²) in [6, 6.07) is 3.86. The molecule has 0 aliphatic heterocycles. The van der Waals surface area contributed by atoms with Crippen LogP contribution >= 0.6 is 11.6 Å². The minimum absolute atomic E-state index is 0.0173. The van der Waals surface area contributed by atoms with Crippen LogP contribution in [0.25, 0.3) is 0 Å². The molecule has 0 unspecified atom stereocenters. The van der Waals surface area contributed by atoms with E-state index in [4.69, 9.17) is 16.7 Å². The number of nitrogens with zero attached hydrogens (tertiary/aromatic N) is 1. The fourth-order valence-electron chi connectivity index (χ4n) is 1.10. The summed E-state index contributed by atoms with van der Waals surface area (Å²) in [5.74, 6) is -0.973. The molecular weight excluding hydrogens is 221 g/mol. The molecule has 0 saturated heterocycles. The standard InChI is InChI=1S/C10H11ClFNO2/c1-13(4-5-14)10(15)7-2-3-8(11)9(12)6-7/h2-3,6,14H,4-5H2,1H3. The van der Waals surface area contributed by atoms with Crippen molar-refractivity contribution in [2.24, 2.45) is 0 Å². The molecule has 3 nitrogen and oxygen atoms in total. The Morgan fingerprint density at radius 3 is 2.80 bits per heavy atom. The Bertz CT molecular complexity index is 370. The van der Waals surface area contributed by atoms with E-state index in [-0.39, 0.29) is 29.6 Å². The fourth-order valence-corrected chi connectivity index (χ4v) is 1.22. The Labute approximate surface area is 92.1 Å². The van der Waals surface area contributed by atoms with Gasteiger partial charge in [0.2, 0.25) is 0 Å². The number of likely N-dealkylation sites (N-methyl/N-ethyl adjacent to an activating group) is 1. The van der Waals surface area contributed by atoms with Crippen molar-refractivity contribution in [1.29, 1.82) is 0 Å². The van der Waals surface area contributed by atoms with Crippen molar-refractivity contribution in [3.05, 3.63) is 34.6 Å². The number of aliphatic hydroxyl groups excluding tert-OH is 1. The van der Waals surface area contributed by atoms with E-state index in [0.717, 1.165) is 6.07 Å². The quantitative estimate of drug-likeness (QED) is 0.858. The molecule has 1 amide bonds. The SMILES string of the molecule is CN(CCO)C(=O)c1ccc(Cl)c(F)c1. The smallest absolute Gasteiger partial charge is 0.253 e. The van der Waals surface area contributed by atoms with E-state index < -0.39 is 5.82 Å². The highest BCUT2D eigenvalue weighted by atomic mass is 35.5. The van der Waals surface area contributed by atoms with Crippen LogP contribution in [0.2, 0.25) is 5.02 Å². The van der Waals surface area contributed by atoms with Gasteiger partial charge in [0, 0.05) is 19.2 Å². The molecule has 0 saturated carbocycles. The van der Waals surface area contributed by atoms with Crippen molar-refractivity contribution < 1.29 is 14.3 Å². The van der Waals surface area contributed by atoms with E-state index >= 15 is 0 Å². The van der Waals surface area contributed by atoms with E-state index in [0.29, 0.717) is 0 Å². The van der Waals surface area contributed by atoms with Crippen LogP contribution < -0.4 is 0 Å². The molecule has 5 heteroatoms. The number of carbonyl (C=O) groups excluding carboxylic acids is 1. The third-order valence-corrected chi connectivity index (χ3v) is 2.26. The van der Waals surface area contributed by atoms with Gasteiger partial charge in [0.05, 0.1) is 11.6 Å². The van der Waals surface area contributed by atoms with Crippen LogP contribution in [0.15, 0.2) is 18.2 Å². The highest BCUT2D eigenvalue weighted by Crippen LogP contribution is 2.16. The maximum atomic E-state index is 13.0. The first-order valence-corrected chi connectivity index (χ1v) is 4.75.